The molecule has 0 aliphatic carbocycles. The van der Waals surface area contributed by atoms with Gasteiger partial charge in [-0.3, -0.25) is 0 Å². The number of rotatable bonds is 5. The van der Waals surface area contributed by atoms with Gasteiger partial charge >= 0.3 is 6.09 Å². The predicted octanol–water partition coefficient (Wildman–Crippen LogP) is 4.21. The lowest BCUT2D eigenvalue weighted by Crippen LogP contribution is -2.37. The summed E-state index contributed by atoms with van der Waals surface area (Å²) in [6.45, 7) is 8.60. The van der Waals surface area contributed by atoms with Crippen molar-refractivity contribution in [1.82, 2.24) is 14.9 Å². The Balaban J connectivity index is 2.11. The first-order valence-corrected chi connectivity index (χ1v) is 8.41. The lowest BCUT2D eigenvalue weighted by molar-refractivity contribution is 0.0229. The molecule has 0 saturated heterocycles. The zero-order valence-electron chi connectivity index (χ0n) is 15.3. The van der Waals surface area contributed by atoms with Crippen molar-refractivity contribution in [3.05, 3.63) is 41.9 Å². The second kappa shape index (κ2) is 7.89. The Morgan fingerprint density at radius 1 is 1.32 bits per heavy atom. The lowest BCUT2D eigenvalue weighted by atomic mass is 10.1. The summed E-state index contributed by atoms with van der Waals surface area (Å²) < 4.78 is 5.47. The summed E-state index contributed by atoms with van der Waals surface area (Å²) in [4.78, 5) is 21.7. The van der Waals surface area contributed by atoms with Gasteiger partial charge in [0.25, 0.3) is 0 Å². The molecular weight excluding hydrogens is 314 g/mol. The molecule has 0 bridgehead atoms. The van der Waals surface area contributed by atoms with Gasteiger partial charge in [-0.2, -0.15) is 0 Å². The second-order valence-corrected chi connectivity index (χ2v) is 6.87. The number of carbonyl (C=O) groups excluding carboxylic acids is 1. The maximum atomic E-state index is 12.3. The average molecular weight is 339 g/mol. The third-order valence-electron chi connectivity index (χ3n) is 3.48. The Labute approximate surface area is 149 Å². The molecule has 1 aromatic carbocycles. The quantitative estimate of drug-likeness (QED) is 0.830. The van der Waals surface area contributed by atoms with Crippen LogP contribution in [0.1, 0.15) is 45.5 Å². The molecule has 2 rings (SSSR count). The molecule has 0 aliphatic rings. The molecule has 0 radical (unpaired) electrons. The zero-order chi connectivity index (χ0) is 18.4. The minimum absolute atomic E-state index is 0.328. The molecule has 2 aromatic rings. The van der Waals surface area contributed by atoms with Crippen LogP contribution in [0.2, 0.25) is 0 Å². The molecule has 5 nitrogen and oxygen atoms in total. The number of nitrogens with one attached hydrogen (secondary N) is 1. The van der Waals surface area contributed by atoms with E-state index < -0.39 is 5.60 Å². The number of imidazole rings is 1. The van der Waals surface area contributed by atoms with Crippen molar-refractivity contribution in [3.63, 3.8) is 0 Å². The van der Waals surface area contributed by atoms with Crippen molar-refractivity contribution in [2.75, 3.05) is 6.54 Å². The summed E-state index contributed by atoms with van der Waals surface area (Å²) in [5, 5.41) is 0. The average Bonchev–Trinajstić information content (AvgIpc) is 3.01. The summed E-state index contributed by atoms with van der Waals surface area (Å²) in [6, 6.07) is 7.67. The number of aromatic nitrogens is 2. The van der Waals surface area contributed by atoms with E-state index in [1.165, 1.54) is 0 Å². The summed E-state index contributed by atoms with van der Waals surface area (Å²) in [6.07, 6.45) is 7.66. The molecule has 1 N–H and O–H groups in total. The van der Waals surface area contributed by atoms with Crippen LogP contribution < -0.4 is 0 Å². The van der Waals surface area contributed by atoms with Gasteiger partial charge in [-0.05, 0) is 44.9 Å². The van der Waals surface area contributed by atoms with Gasteiger partial charge in [-0.15, -0.1) is 6.42 Å². The molecule has 0 spiro atoms. The highest BCUT2D eigenvalue weighted by Gasteiger charge is 2.22. The van der Waals surface area contributed by atoms with E-state index >= 15 is 0 Å². The highest BCUT2D eigenvalue weighted by atomic mass is 16.6. The van der Waals surface area contributed by atoms with Crippen molar-refractivity contribution < 1.29 is 9.53 Å². The molecule has 1 amide bonds. The van der Waals surface area contributed by atoms with Crippen molar-refractivity contribution >= 4 is 6.09 Å². The topological polar surface area (TPSA) is 58.2 Å². The number of H-pyrrole nitrogens is 1. The molecule has 0 unspecified atom stereocenters. The van der Waals surface area contributed by atoms with Gasteiger partial charge < -0.3 is 14.6 Å². The smallest absolute Gasteiger partial charge is 0.410 e. The number of benzene rings is 1. The summed E-state index contributed by atoms with van der Waals surface area (Å²) in [5.41, 5.74) is 2.20. The van der Waals surface area contributed by atoms with Gasteiger partial charge in [-0.1, -0.05) is 25.0 Å². The van der Waals surface area contributed by atoms with Crippen LogP contribution in [0.15, 0.2) is 30.5 Å². The highest BCUT2D eigenvalue weighted by molar-refractivity contribution is 5.68. The summed E-state index contributed by atoms with van der Waals surface area (Å²) in [7, 11) is 0. The number of hydrogen-bond acceptors (Lipinski definition) is 3. The van der Waals surface area contributed by atoms with Crippen LogP contribution in [0.3, 0.4) is 0 Å². The Hall–Kier alpha value is -2.74. The number of ether oxygens (including phenoxy) is 1. The van der Waals surface area contributed by atoms with E-state index in [0.717, 1.165) is 29.1 Å². The fourth-order valence-corrected chi connectivity index (χ4v) is 2.35. The van der Waals surface area contributed by atoms with E-state index in [9.17, 15) is 4.79 Å². The van der Waals surface area contributed by atoms with Crippen LogP contribution >= 0.6 is 0 Å². The van der Waals surface area contributed by atoms with Gasteiger partial charge in [0.15, 0.2) is 0 Å². The van der Waals surface area contributed by atoms with Gasteiger partial charge in [0, 0.05) is 12.1 Å². The first-order chi connectivity index (χ1) is 11.8. The van der Waals surface area contributed by atoms with Crippen molar-refractivity contribution in [1.29, 1.82) is 0 Å². The number of terminal acetylenes is 1. The van der Waals surface area contributed by atoms with Crippen LogP contribution in [-0.2, 0) is 11.3 Å². The summed E-state index contributed by atoms with van der Waals surface area (Å²) in [5.74, 6) is 3.32. The van der Waals surface area contributed by atoms with E-state index in [-0.39, 0.29) is 6.09 Å². The van der Waals surface area contributed by atoms with E-state index in [4.69, 9.17) is 11.2 Å². The van der Waals surface area contributed by atoms with Crippen molar-refractivity contribution in [3.8, 4) is 23.6 Å². The van der Waals surface area contributed by atoms with Crippen LogP contribution in [0, 0.1) is 12.3 Å². The Morgan fingerprint density at radius 3 is 2.56 bits per heavy atom. The minimum atomic E-state index is -0.518. The second-order valence-electron chi connectivity index (χ2n) is 6.87. The number of nitrogens with zero attached hydrogens (tertiary/aromatic N) is 2. The molecule has 0 atom stereocenters. The van der Waals surface area contributed by atoms with Crippen LogP contribution in [0.4, 0.5) is 4.79 Å². The number of amides is 1. The van der Waals surface area contributed by atoms with E-state index in [1.54, 1.807) is 11.1 Å². The highest BCUT2D eigenvalue weighted by Crippen LogP contribution is 2.19. The normalized spacial score (nSPS) is 11.0. The molecule has 25 heavy (non-hydrogen) atoms. The minimum Gasteiger partial charge on any atom is -0.444 e. The molecule has 0 fully saturated rings. The fourth-order valence-electron chi connectivity index (χ4n) is 2.35. The molecule has 0 saturated carbocycles. The Morgan fingerprint density at radius 2 is 2.00 bits per heavy atom. The summed E-state index contributed by atoms with van der Waals surface area (Å²) >= 11 is 0. The van der Waals surface area contributed by atoms with Gasteiger partial charge in [0.2, 0.25) is 0 Å². The number of hydrogen-bond donors (Lipinski definition) is 1. The zero-order valence-corrected chi connectivity index (χ0v) is 15.3. The lowest BCUT2D eigenvalue weighted by Gasteiger charge is -2.26. The maximum absolute atomic E-state index is 12.3. The largest absolute Gasteiger partial charge is 0.444 e. The van der Waals surface area contributed by atoms with Gasteiger partial charge in [0.1, 0.15) is 11.4 Å². The molecule has 1 heterocycles. The SMILES string of the molecule is C#Cc1ccc(-c2cnc(CN(CCC)C(=O)OC(C)(C)C)[nH]2)cc1. The van der Waals surface area contributed by atoms with Crippen LogP contribution in [-0.4, -0.2) is 33.1 Å². The Bertz CT molecular complexity index is 748. The first kappa shape index (κ1) is 18.6. The van der Waals surface area contributed by atoms with E-state index in [0.29, 0.717) is 13.1 Å². The Kier molecular flexibility index (Phi) is 5.87. The van der Waals surface area contributed by atoms with E-state index in [1.807, 2.05) is 52.0 Å². The molecular formula is C20H25N3O2. The number of aromatic amines is 1. The van der Waals surface area contributed by atoms with E-state index in [2.05, 4.69) is 15.9 Å². The third kappa shape index (κ3) is 5.39. The molecule has 0 aliphatic heterocycles. The monoisotopic (exact) mass is 339 g/mol. The third-order valence-corrected chi connectivity index (χ3v) is 3.48. The standard InChI is InChI=1S/C20H25N3O2/c1-6-12-23(19(24)25-20(3,4)5)14-18-21-13-17(22-18)16-10-8-15(7-2)9-11-16/h2,8-11,13H,6,12,14H2,1,3-5H3,(H,21,22). The number of carbonyl (C=O) groups is 1. The fraction of sp³-hybridized carbons (Fsp3) is 0.400. The van der Waals surface area contributed by atoms with Crippen LogP contribution in [0.25, 0.3) is 11.3 Å². The molecule has 132 valence electrons. The maximum Gasteiger partial charge on any atom is 0.410 e. The molecule has 5 heteroatoms. The van der Waals surface area contributed by atoms with Crippen molar-refractivity contribution in [2.45, 2.75) is 46.3 Å². The van der Waals surface area contributed by atoms with Gasteiger partial charge in [0.05, 0.1) is 18.4 Å². The predicted molar refractivity (Wildman–Crippen MR) is 98.9 cm³/mol. The van der Waals surface area contributed by atoms with Crippen molar-refractivity contribution in [2.24, 2.45) is 0 Å². The van der Waals surface area contributed by atoms with Crippen LogP contribution in [0.5, 0.6) is 0 Å². The molecule has 1 aromatic heterocycles. The van der Waals surface area contributed by atoms with Gasteiger partial charge in [-0.25, -0.2) is 9.78 Å². The first-order valence-electron chi connectivity index (χ1n) is 8.41.